The molecule has 1 N–H and O–H groups in total. The van der Waals surface area contributed by atoms with Crippen LogP contribution in [0, 0.1) is 0 Å². The molecule has 0 saturated carbocycles. The summed E-state index contributed by atoms with van der Waals surface area (Å²) >= 11 is 16.8. The molecule has 1 aliphatic rings. The van der Waals surface area contributed by atoms with E-state index in [0.717, 1.165) is 42.5 Å². The number of pyridine rings is 1. The van der Waals surface area contributed by atoms with Crippen molar-refractivity contribution in [3.8, 4) is 0 Å². The fourth-order valence-electron chi connectivity index (χ4n) is 3.63. The molecular weight excluding hydrogens is 427 g/mol. The van der Waals surface area contributed by atoms with Gasteiger partial charge in [0, 0.05) is 36.4 Å². The average molecular weight is 447 g/mol. The summed E-state index contributed by atoms with van der Waals surface area (Å²) in [7, 11) is 0. The van der Waals surface area contributed by atoms with Gasteiger partial charge in [0.15, 0.2) is 0 Å². The van der Waals surface area contributed by atoms with Gasteiger partial charge in [-0.3, -0.25) is 4.98 Å². The van der Waals surface area contributed by atoms with Gasteiger partial charge in [-0.1, -0.05) is 60.3 Å². The minimum absolute atomic E-state index is 0.0765. The summed E-state index contributed by atoms with van der Waals surface area (Å²) in [6.07, 6.45) is 3.46. The van der Waals surface area contributed by atoms with Gasteiger partial charge in [0.05, 0.1) is 21.2 Å². The predicted octanol–water partition coefficient (Wildman–Crippen LogP) is 5.57. The number of amides is 2. The Kier molecular flexibility index (Phi) is 6.04. The third-order valence-electron chi connectivity index (χ3n) is 5.14. The SMILES string of the molecule is O=C(NC1CCN(c2ccnc3c(Cl)cccc23)CC1)N(S)c1ccccc1Cl. The normalized spacial score (nSPS) is 14.8. The van der Waals surface area contributed by atoms with Crippen LogP contribution in [-0.2, 0) is 0 Å². The molecule has 1 aromatic heterocycles. The van der Waals surface area contributed by atoms with Crippen molar-refractivity contribution < 1.29 is 4.79 Å². The van der Waals surface area contributed by atoms with Crippen LogP contribution in [0.1, 0.15) is 12.8 Å². The topological polar surface area (TPSA) is 48.5 Å². The van der Waals surface area contributed by atoms with Crippen LogP contribution in [0.15, 0.2) is 54.7 Å². The Bertz CT molecular complexity index is 1040. The molecule has 3 aromatic rings. The first-order valence-corrected chi connectivity index (χ1v) is 10.5. The standard InChI is InChI=1S/C21H20Cl2N4OS/c22-16-5-1-2-7-19(16)27(29)21(28)25-14-9-12-26(13-10-14)18-8-11-24-20-15(18)4-3-6-17(20)23/h1-8,11,14,29H,9-10,12-13H2,(H,25,28). The maximum Gasteiger partial charge on any atom is 0.332 e. The molecule has 0 bridgehead atoms. The van der Waals surface area contributed by atoms with Crippen LogP contribution >= 0.6 is 36.0 Å². The molecule has 0 aliphatic carbocycles. The van der Waals surface area contributed by atoms with Gasteiger partial charge in [-0.05, 0) is 37.1 Å². The van der Waals surface area contributed by atoms with Crippen LogP contribution in [-0.4, -0.2) is 30.1 Å². The highest BCUT2D eigenvalue weighted by Crippen LogP contribution is 2.31. The van der Waals surface area contributed by atoms with Crippen molar-refractivity contribution in [2.45, 2.75) is 18.9 Å². The average Bonchev–Trinajstić information content (AvgIpc) is 2.74. The summed E-state index contributed by atoms with van der Waals surface area (Å²) in [5, 5.41) is 5.23. The first kappa shape index (κ1) is 20.1. The lowest BCUT2D eigenvalue weighted by Gasteiger charge is -2.35. The summed E-state index contributed by atoms with van der Waals surface area (Å²) in [5.41, 5.74) is 2.49. The highest BCUT2D eigenvalue weighted by Gasteiger charge is 2.24. The highest BCUT2D eigenvalue weighted by molar-refractivity contribution is 7.82. The number of aromatic nitrogens is 1. The van der Waals surface area contributed by atoms with Crippen molar-refractivity contribution in [1.82, 2.24) is 10.3 Å². The third kappa shape index (κ3) is 4.25. The number of urea groups is 1. The second-order valence-corrected chi connectivity index (χ2v) is 8.15. The maximum absolute atomic E-state index is 12.6. The molecule has 5 nitrogen and oxygen atoms in total. The van der Waals surface area contributed by atoms with Gasteiger partial charge in [0.25, 0.3) is 0 Å². The Morgan fingerprint density at radius 1 is 1.07 bits per heavy atom. The van der Waals surface area contributed by atoms with Crippen LogP contribution < -0.4 is 14.5 Å². The number of fused-ring (bicyclic) bond motifs is 1. The number of hydrogen-bond acceptors (Lipinski definition) is 4. The number of carbonyl (C=O) groups is 1. The van der Waals surface area contributed by atoms with Gasteiger partial charge in [-0.15, -0.1) is 0 Å². The second-order valence-electron chi connectivity index (χ2n) is 6.94. The number of benzene rings is 2. The summed E-state index contributed by atoms with van der Waals surface area (Å²) < 4.78 is 1.26. The summed E-state index contributed by atoms with van der Waals surface area (Å²) in [4.78, 5) is 19.3. The fourth-order valence-corrected chi connectivity index (χ4v) is 4.37. The second kappa shape index (κ2) is 8.69. The molecule has 0 spiro atoms. The fraction of sp³-hybridized carbons (Fsp3) is 0.238. The van der Waals surface area contributed by atoms with Gasteiger partial charge in [0.2, 0.25) is 0 Å². The monoisotopic (exact) mass is 446 g/mol. The molecular formula is C21H20Cl2N4OS. The van der Waals surface area contributed by atoms with E-state index in [1.54, 1.807) is 18.3 Å². The molecule has 150 valence electrons. The number of para-hydroxylation sites is 2. The summed E-state index contributed by atoms with van der Waals surface area (Å²) in [5.74, 6) is 0. The highest BCUT2D eigenvalue weighted by atomic mass is 35.5. The molecule has 2 aromatic carbocycles. The number of carbonyl (C=O) groups excluding carboxylic acids is 1. The Labute approximate surface area is 185 Å². The molecule has 1 saturated heterocycles. The molecule has 0 atom stereocenters. The van der Waals surface area contributed by atoms with Gasteiger partial charge >= 0.3 is 6.03 Å². The van der Waals surface area contributed by atoms with Crippen LogP contribution in [0.5, 0.6) is 0 Å². The number of thiol groups is 1. The molecule has 0 radical (unpaired) electrons. The predicted molar refractivity (Wildman–Crippen MR) is 123 cm³/mol. The largest absolute Gasteiger partial charge is 0.371 e. The first-order valence-electron chi connectivity index (χ1n) is 9.37. The van der Waals surface area contributed by atoms with E-state index in [4.69, 9.17) is 23.2 Å². The Balaban J connectivity index is 1.41. The van der Waals surface area contributed by atoms with Crippen LogP contribution in [0.3, 0.4) is 0 Å². The van der Waals surface area contributed by atoms with E-state index in [1.807, 2.05) is 36.4 Å². The smallest absolute Gasteiger partial charge is 0.332 e. The van der Waals surface area contributed by atoms with E-state index >= 15 is 0 Å². The molecule has 2 amide bonds. The van der Waals surface area contributed by atoms with Gasteiger partial charge in [-0.25, -0.2) is 9.10 Å². The number of piperidine rings is 1. The lowest BCUT2D eigenvalue weighted by atomic mass is 10.0. The van der Waals surface area contributed by atoms with Gasteiger partial charge < -0.3 is 10.2 Å². The molecule has 1 fully saturated rings. The molecule has 0 unspecified atom stereocenters. The number of hydrogen-bond donors (Lipinski definition) is 2. The van der Waals surface area contributed by atoms with Crippen molar-refractivity contribution in [3.05, 3.63) is 64.8 Å². The van der Waals surface area contributed by atoms with E-state index in [2.05, 4.69) is 28.0 Å². The van der Waals surface area contributed by atoms with E-state index < -0.39 is 0 Å². The first-order chi connectivity index (χ1) is 14.0. The minimum Gasteiger partial charge on any atom is -0.371 e. The number of halogens is 2. The van der Waals surface area contributed by atoms with Crippen molar-refractivity contribution in [2.24, 2.45) is 0 Å². The molecule has 29 heavy (non-hydrogen) atoms. The van der Waals surface area contributed by atoms with Crippen molar-refractivity contribution in [2.75, 3.05) is 22.3 Å². The molecule has 8 heteroatoms. The third-order valence-corrected chi connectivity index (χ3v) is 6.16. The van der Waals surface area contributed by atoms with Crippen LogP contribution in [0.2, 0.25) is 10.0 Å². The lowest BCUT2D eigenvalue weighted by Crippen LogP contribution is -2.47. The zero-order valence-corrected chi connectivity index (χ0v) is 18.0. The number of anilines is 2. The van der Waals surface area contributed by atoms with E-state index in [1.165, 1.54) is 4.31 Å². The van der Waals surface area contributed by atoms with Crippen LogP contribution in [0.25, 0.3) is 10.9 Å². The maximum atomic E-state index is 12.6. The minimum atomic E-state index is -0.277. The lowest BCUT2D eigenvalue weighted by molar-refractivity contribution is 0.243. The van der Waals surface area contributed by atoms with Crippen molar-refractivity contribution in [1.29, 1.82) is 0 Å². The molecule has 4 rings (SSSR count). The molecule has 2 heterocycles. The Morgan fingerprint density at radius 2 is 1.79 bits per heavy atom. The zero-order chi connectivity index (χ0) is 20.4. The number of nitrogens with zero attached hydrogens (tertiary/aromatic N) is 3. The van der Waals surface area contributed by atoms with Gasteiger partial charge in [-0.2, -0.15) is 0 Å². The number of rotatable bonds is 3. The van der Waals surface area contributed by atoms with E-state index in [0.29, 0.717) is 15.7 Å². The van der Waals surface area contributed by atoms with E-state index in [-0.39, 0.29) is 12.1 Å². The van der Waals surface area contributed by atoms with Crippen LogP contribution in [0.4, 0.5) is 16.2 Å². The summed E-state index contributed by atoms with van der Waals surface area (Å²) in [6, 6.07) is 14.8. The van der Waals surface area contributed by atoms with E-state index in [9.17, 15) is 4.79 Å². The molecule has 1 aliphatic heterocycles. The van der Waals surface area contributed by atoms with Crippen molar-refractivity contribution in [3.63, 3.8) is 0 Å². The van der Waals surface area contributed by atoms with Crippen molar-refractivity contribution >= 4 is 64.3 Å². The quantitative estimate of drug-likeness (QED) is 0.516. The summed E-state index contributed by atoms with van der Waals surface area (Å²) in [6.45, 7) is 1.66. The Morgan fingerprint density at radius 3 is 2.55 bits per heavy atom. The Hall–Kier alpha value is -2.15. The zero-order valence-electron chi connectivity index (χ0n) is 15.6. The number of nitrogens with one attached hydrogen (secondary N) is 1. The van der Waals surface area contributed by atoms with Gasteiger partial charge in [0.1, 0.15) is 0 Å².